The lowest BCUT2D eigenvalue weighted by Crippen LogP contribution is -2.44. The predicted molar refractivity (Wildman–Crippen MR) is 124 cm³/mol. The van der Waals surface area contributed by atoms with Crippen LogP contribution in [0.5, 0.6) is 0 Å². The second-order valence-electron chi connectivity index (χ2n) is 7.00. The highest BCUT2D eigenvalue weighted by Crippen LogP contribution is 2.29. The zero-order valence-corrected chi connectivity index (χ0v) is 18.4. The zero-order valence-electron chi connectivity index (χ0n) is 16.7. The van der Waals surface area contributed by atoms with E-state index in [1.165, 1.54) is 11.3 Å². The average Bonchev–Trinajstić information content (AvgIpc) is 3.06. The molecular weight excluding hydrogens is 398 g/mol. The SMILES string of the molecule is [CH]c1ccc(N(CC(C)C)C(=Nc2ccc3nc(S)sc3c2)N(C#N)CC)cc1. The third-order valence-electron chi connectivity index (χ3n) is 4.26. The van der Waals surface area contributed by atoms with Gasteiger partial charge in [0.25, 0.3) is 0 Å². The van der Waals surface area contributed by atoms with E-state index < -0.39 is 0 Å². The van der Waals surface area contributed by atoms with Crippen molar-refractivity contribution in [2.45, 2.75) is 25.1 Å². The maximum Gasteiger partial charge on any atom is 0.219 e. The van der Waals surface area contributed by atoms with E-state index in [1.54, 1.807) is 4.90 Å². The Kier molecular flexibility index (Phi) is 6.78. The molecule has 1 heterocycles. The van der Waals surface area contributed by atoms with Crippen molar-refractivity contribution >= 4 is 51.5 Å². The van der Waals surface area contributed by atoms with Crippen LogP contribution in [0.25, 0.3) is 10.2 Å². The molecule has 0 saturated carbocycles. The Labute approximate surface area is 181 Å². The van der Waals surface area contributed by atoms with Gasteiger partial charge in [0.15, 0.2) is 6.19 Å². The van der Waals surface area contributed by atoms with Crippen LogP contribution in [0.3, 0.4) is 0 Å². The number of anilines is 1. The van der Waals surface area contributed by atoms with Crippen molar-refractivity contribution in [1.82, 2.24) is 9.88 Å². The molecule has 0 aliphatic carbocycles. The number of nitriles is 1. The van der Waals surface area contributed by atoms with Gasteiger partial charge in [-0.05, 0) is 55.7 Å². The fourth-order valence-electron chi connectivity index (χ4n) is 2.93. The first-order valence-electron chi connectivity index (χ1n) is 9.39. The summed E-state index contributed by atoms with van der Waals surface area (Å²) in [5.74, 6) is 0.953. The van der Waals surface area contributed by atoms with Gasteiger partial charge in [-0.25, -0.2) is 14.9 Å². The maximum absolute atomic E-state index is 9.75. The summed E-state index contributed by atoms with van der Waals surface area (Å²) in [6.07, 6.45) is 2.26. The molecule has 1 aromatic heterocycles. The zero-order chi connectivity index (χ0) is 21.0. The topological polar surface area (TPSA) is 55.5 Å². The van der Waals surface area contributed by atoms with Crippen LogP contribution in [0, 0.1) is 24.3 Å². The number of nitrogens with zero attached hydrogens (tertiary/aromatic N) is 5. The van der Waals surface area contributed by atoms with Crippen molar-refractivity contribution in [3.63, 3.8) is 0 Å². The summed E-state index contributed by atoms with van der Waals surface area (Å²) in [6.45, 7) is 13.3. The second-order valence-corrected chi connectivity index (χ2v) is 8.76. The molecule has 3 aromatic rings. The Balaban J connectivity index is 2.12. The van der Waals surface area contributed by atoms with Gasteiger partial charge in [-0.15, -0.1) is 24.0 Å². The molecule has 0 N–H and O–H groups in total. The molecule has 2 aromatic carbocycles. The standard InChI is InChI=1S/C22H23N5S2/c1-5-26(14-23)21(24-17-8-11-19-20(12-17)29-22(28)25-19)27(13-15(2)3)18-9-6-16(4)7-10-18/h4,6-12,15H,5,13H2,1-3H3,(H,25,28). The number of thiazole rings is 1. The van der Waals surface area contributed by atoms with Gasteiger partial charge in [-0.2, -0.15) is 5.26 Å². The van der Waals surface area contributed by atoms with Crippen LogP contribution in [0.4, 0.5) is 11.4 Å². The Morgan fingerprint density at radius 3 is 2.62 bits per heavy atom. The average molecular weight is 422 g/mol. The lowest BCUT2D eigenvalue weighted by molar-refractivity contribution is 0.572. The molecule has 0 aliphatic heterocycles. The van der Waals surface area contributed by atoms with Crippen LogP contribution in [0.1, 0.15) is 26.3 Å². The quantitative estimate of drug-likeness (QED) is 0.192. The molecule has 2 radical (unpaired) electrons. The second kappa shape index (κ2) is 9.29. The molecule has 0 atom stereocenters. The summed E-state index contributed by atoms with van der Waals surface area (Å²) in [7, 11) is 0. The molecule has 29 heavy (non-hydrogen) atoms. The summed E-state index contributed by atoms with van der Waals surface area (Å²) in [4.78, 5) is 12.9. The molecule has 0 unspecified atom stereocenters. The van der Waals surface area contributed by atoms with Gasteiger partial charge in [0.05, 0.1) is 15.9 Å². The van der Waals surface area contributed by atoms with Crippen molar-refractivity contribution in [1.29, 1.82) is 5.26 Å². The number of benzene rings is 2. The number of guanidine groups is 1. The number of fused-ring (bicyclic) bond motifs is 1. The largest absolute Gasteiger partial charge is 0.311 e. The van der Waals surface area contributed by atoms with Gasteiger partial charge in [0, 0.05) is 18.8 Å². The molecular formula is C22H23N5S2. The van der Waals surface area contributed by atoms with Gasteiger partial charge < -0.3 is 4.90 Å². The third kappa shape index (κ3) is 5.08. The summed E-state index contributed by atoms with van der Waals surface area (Å²) in [5.41, 5.74) is 3.30. The number of hydrogen-bond donors (Lipinski definition) is 1. The number of hydrogen-bond acceptors (Lipinski definition) is 5. The normalized spacial score (nSPS) is 11.7. The van der Waals surface area contributed by atoms with Crippen molar-refractivity contribution in [3.05, 3.63) is 55.0 Å². The van der Waals surface area contributed by atoms with Crippen molar-refractivity contribution in [2.75, 3.05) is 18.0 Å². The minimum atomic E-state index is 0.367. The van der Waals surface area contributed by atoms with Crippen LogP contribution in [0.15, 0.2) is 51.8 Å². The van der Waals surface area contributed by atoms with Gasteiger partial charge >= 0.3 is 0 Å². The summed E-state index contributed by atoms with van der Waals surface area (Å²) >= 11 is 5.85. The molecule has 7 heteroatoms. The van der Waals surface area contributed by atoms with E-state index in [4.69, 9.17) is 11.9 Å². The Bertz CT molecular complexity index is 1050. The third-order valence-corrected chi connectivity index (χ3v) is 5.46. The summed E-state index contributed by atoms with van der Waals surface area (Å²) in [5, 5.41) is 9.75. The first kappa shape index (κ1) is 21.2. The van der Waals surface area contributed by atoms with E-state index in [0.29, 0.717) is 30.5 Å². The van der Waals surface area contributed by atoms with E-state index in [9.17, 15) is 5.26 Å². The van der Waals surface area contributed by atoms with Gasteiger partial charge in [-0.1, -0.05) is 26.0 Å². The molecule has 0 spiro atoms. The smallest absolute Gasteiger partial charge is 0.219 e. The number of aliphatic imine (C=N–C) groups is 1. The molecule has 0 aliphatic rings. The number of rotatable bonds is 5. The molecule has 0 fully saturated rings. The highest BCUT2D eigenvalue weighted by Gasteiger charge is 2.21. The van der Waals surface area contributed by atoms with Crippen LogP contribution in [-0.4, -0.2) is 28.9 Å². The van der Waals surface area contributed by atoms with Crippen molar-refractivity contribution in [3.8, 4) is 6.19 Å². The summed E-state index contributed by atoms with van der Waals surface area (Å²) in [6, 6.07) is 13.5. The molecule has 0 amide bonds. The van der Waals surface area contributed by atoms with Crippen molar-refractivity contribution < 1.29 is 0 Å². The lowest BCUT2D eigenvalue weighted by atomic mass is 10.1. The monoisotopic (exact) mass is 421 g/mol. The predicted octanol–water partition coefficient (Wildman–Crippen LogP) is 5.60. The van der Waals surface area contributed by atoms with Gasteiger partial charge in [0.1, 0.15) is 4.34 Å². The van der Waals surface area contributed by atoms with Crippen LogP contribution >= 0.6 is 24.0 Å². The number of aromatic nitrogens is 1. The molecule has 0 bridgehead atoms. The fraction of sp³-hybridized carbons (Fsp3) is 0.273. The Morgan fingerprint density at radius 2 is 2.00 bits per heavy atom. The minimum absolute atomic E-state index is 0.367. The van der Waals surface area contributed by atoms with Gasteiger partial charge in [-0.3, -0.25) is 0 Å². The highest BCUT2D eigenvalue weighted by atomic mass is 32.2. The molecule has 148 valence electrons. The van der Waals surface area contributed by atoms with E-state index in [2.05, 4.69) is 42.6 Å². The van der Waals surface area contributed by atoms with Gasteiger partial charge in [0.2, 0.25) is 5.96 Å². The van der Waals surface area contributed by atoms with Crippen molar-refractivity contribution in [2.24, 2.45) is 10.9 Å². The lowest BCUT2D eigenvalue weighted by Gasteiger charge is -2.31. The summed E-state index contributed by atoms with van der Waals surface area (Å²) < 4.78 is 1.73. The van der Waals surface area contributed by atoms with Crippen LogP contribution < -0.4 is 4.90 Å². The first-order chi connectivity index (χ1) is 13.9. The van der Waals surface area contributed by atoms with Crippen LogP contribution in [-0.2, 0) is 0 Å². The number of thiol groups is 1. The van der Waals surface area contributed by atoms with Crippen LogP contribution in [0.2, 0.25) is 0 Å². The fourth-order valence-corrected chi connectivity index (χ4v) is 4.07. The molecule has 3 rings (SSSR count). The van der Waals surface area contributed by atoms with E-state index in [1.807, 2.05) is 49.4 Å². The first-order valence-corrected chi connectivity index (χ1v) is 10.7. The Morgan fingerprint density at radius 1 is 1.28 bits per heavy atom. The minimum Gasteiger partial charge on any atom is -0.311 e. The Hall–Kier alpha value is -2.56. The van der Waals surface area contributed by atoms with E-state index in [0.717, 1.165) is 25.9 Å². The van der Waals surface area contributed by atoms with E-state index in [-0.39, 0.29) is 0 Å². The maximum atomic E-state index is 9.75. The molecule has 5 nitrogen and oxygen atoms in total. The molecule has 0 saturated heterocycles. The highest BCUT2D eigenvalue weighted by molar-refractivity contribution is 7.82. The van der Waals surface area contributed by atoms with E-state index >= 15 is 0 Å².